The molecule has 0 radical (unpaired) electrons. The Balaban J connectivity index is 3.14. The largest absolute Gasteiger partial charge is 0.486 e. The molecule has 0 bridgehead atoms. The van der Waals surface area contributed by atoms with Crippen molar-refractivity contribution in [2.75, 3.05) is 17.6 Å². The molecule has 3 N–H and O–H groups in total. The summed E-state index contributed by atoms with van der Waals surface area (Å²) < 4.78 is 5.63. The van der Waals surface area contributed by atoms with Gasteiger partial charge >= 0.3 is 0 Å². The number of thiophene rings is 1. The van der Waals surface area contributed by atoms with Gasteiger partial charge in [0.15, 0.2) is 11.5 Å². The fourth-order valence-corrected chi connectivity index (χ4v) is 2.34. The Morgan fingerprint density at radius 2 is 2.19 bits per heavy atom. The molecule has 0 saturated heterocycles. The molecule has 5 heteroatoms. The van der Waals surface area contributed by atoms with Crippen molar-refractivity contribution < 1.29 is 9.53 Å². The Morgan fingerprint density at radius 3 is 2.62 bits per heavy atom. The van der Waals surface area contributed by atoms with Gasteiger partial charge in [0.05, 0.1) is 16.7 Å². The topological polar surface area (TPSA) is 64.4 Å². The van der Waals surface area contributed by atoms with Gasteiger partial charge in [-0.15, -0.1) is 11.3 Å². The molecule has 1 aromatic heterocycles. The second-order valence-electron chi connectivity index (χ2n) is 3.76. The lowest BCUT2D eigenvalue weighted by molar-refractivity contribution is 0.102. The van der Waals surface area contributed by atoms with Gasteiger partial charge in [-0.1, -0.05) is 0 Å². The predicted molar refractivity (Wildman–Crippen MR) is 68.7 cm³/mol. The summed E-state index contributed by atoms with van der Waals surface area (Å²) in [5, 5.41) is 3.99. The zero-order valence-corrected chi connectivity index (χ0v) is 10.9. The van der Waals surface area contributed by atoms with Crippen LogP contribution in [0.4, 0.5) is 10.7 Å². The number of nitrogen functional groups attached to an aromatic ring is 1. The van der Waals surface area contributed by atoms with Crippen molar-refractivity contribution in [3.05, 3.63) is 4.88 Å². The minimum absolute atomic E-state index is 0.0275. The van der Waals surface area contributed by atoms with E-state index in [1.807, 2.05) is 20.8 Å². The van der Waals surface area contributed by atoms with Crippen LogP contribution in [0, 0.1) is 0 Å². The average molecular weight is 242 g/mol. The third-order valence-electron chi connectivity index (χ3n) is 1.91. The Hall–Kier alpha value is -1.23. The number of anilines is 2. The van der Waals surface area contributed by atoms with Crippen LogP contribution in [-0.2, 0) is 0 Å². The maximum atomic E-state index is 11.4. The van der Waals surface area contributed by atoms with Gasteiger partial charge in [0.25, 0.3) is 0 Å². The standard InChI is InChI=1S/C11H18N2O2S/c1-5-13-11-9(15-6(2)3)8(12)10(16-11)7(4)14/h6,13H,5,12H2,1-4H3. The van der Waals surface area contributed by atoms with Crippen LogP contribution < -0.4 is 15.8 Å². The number of ketones is 1. The molecule has 1 heterocycles. The van der Waals surface area contributed by atoms with Crippen LogP contribution in [0.5, 0.6) is 5.75 Å². The summed E-state index contributed by atoms with van der Waals surface area (Å²) in [5.74, 6) is 0.576. The van der Waals surface area contributed by atoms with Crippen LogP contribution in [0.15, 0.2) is 0 Å². The molecule has 0 aliphatic heterocycles. The average Bonchev–Trinajstić information content (AvgIpc) is 2.46. The van der Waals surface area contributed by atoms with Gasteiger partial charge < -0.3 is 15.8 Å². The van der Waals surface area contributed by atoms with Crippen LogP contribution in [0.2, 0.25) is 0 Å². The number of ether oxygens (including phenoxy) is 1. The molecule has 1 aromatic rings. The first-order valence-corrected chi connectivity index (χ1v) is 6.12. The second kappa shape index (κ2) is 5.21. The third-order valence-corrected chi connectivity index (χ3v) is 3.16. The molecule has 0 aliphatic carbocycles. The normalized spacial score (nSPS) is 10.6. The van der Waals surface area contributed by atoms with Crippen LogP contribution in [0.1, 0.15) is 37.4 Å². The summed E-state index contributed by atoms with van der Waals surface area (Å²) in [5.41, 5.74) is 6.35. The van der Waals surface area contributed by atoms with Gasteiger partial charge in [-0.05, 0) is 20.8 Å². The molecule has 0 atom stereocenters. The molecule has 0 aliphatic rings. The Bertz CT molecular complexity index is 386. The number of carbonyl (C=O) groups excluding carboxylic acids is 1. The molecule has 0 aromatic carbocycles. The number of hydrogen-bond acceptors (Lipinski definition) is 5. The number of nitrogens with two attached hydrogens (primary N) is 1. The smallest absolute Gasteiger partial charge is 0.177 e. The summed E-state index contributed by atoms with van der Waals surface area (Å²) in [6.45, 7) is 8.13. The van der Waals surface area contributed by atoms with E-state index in [2.05, 4.69) is 5.32 Å². The minimum atomic E-state index is -0.0275. The fourth-order valence-electron chi connectivity index (χ4n) is 1.32. The van der Waals surface area contributed by atoms with E-state index in [-0.39, 0.29) is 11.9 Å². The monoisotopic (exact) mass is 242 g/mol. The van der Waals surface area contributed by atoms with Gasteiger partial charge in [-0.3, -0.25) is 4.79 Å². The van der Waals surface area contributed by atoms with Crippen molar-refractivity contribution in [2.45, 2.75) is 33.8 Å². The summed E-state index contributed by atoms with van der Waals surface area (Å²) >= 11 is 1.35. The first-order chi connectivity index (χ1) is 7.47. The molecule has 1 rings (SSSR count). The molecule has 0 spiro atoms. The Morgan fingerprint density at radius 1 is 1.56 bits per heavy atom. The SMILES string of the molecule is CCNc1sc(C(C)=O)c(N)c1OC(C)C. The highest BCUT2D eigenvalue weighted by atomic mass is 32.1. The van der Waals surface area contributed by atoms with Gasteiger partial charge in [-0.2, -0.15) is 0 Å². The van der Waals surface area contributed by atoms with E-state index < -0.39 is 0 Å². The van der Waals surface area contributed by atoms with Crippen LogP contribution >= 0.6 is 11.3 Å². The van der Waals surface area contributed by atoms with E-state index >= 15 is 0 Å². The number of nitrogens with one attached hydrogen (secondary N) is 1. The molecule has 0 saturated carbocycles. The highest BCUT2D eigenvalue weighted by molar-refractivity contribution is 7.19. The molecule has 16 heavy (non-hydrogen) atoms. The quantitative estimate of drug-likeness (QED) is 0.779. The molecule has 4 nitrogen and oxygen atoms in total. The van der Waals surface area contributed by atoms with Gasteiger partial charge in [-0.25, -0.2) is 0 Å². The Labute approximate surface area is 99.8 Å². The van der Waals surface area contributed by atoms with E-state index in [4.69, 9.17) is 10.5 Å². The zero-order valence-electron chi connectivity index (χ0n) is 10.1. The molecular formula is C11H18N2O2S. The van der Waals surface area contributed by atoms with Crippen molar-refractivity contribution in [1.29, 1.82) is 0 Å². The summed E-state index contributed by atoms with van der Waals surface area (Å²) in [6.07, 6.45) is 0.0362. The third kappa shape index (κ3) is 2.66. The lowest BCUT2D eigenvalue weighted by atomic mass is 10.3. The summed E-state index contributed by atoms with van der Waals surface area (Å²) in [4.78, 5) is 11.9. The minimum Gasteiger partial charge on any atom is -0.486 e. The van der Waals surface area contributed by atoms with Gasteiger partial charge in [0.2, 0.25) is 0 Å². The summed E-state index contributed by atoms with van der Waals surface area (Å²) in [6, 6.07) is 0. The van der Waals surface area contributed by atoms with E-state index in [1.54, 1.807) is 0 Å². The van der Waals surface area contributed by atoms with Crippen molar-refractivity contribution in [3.63, 3.8) is 0 Å². The number of carbonyl (C=O) groups is 1. The maximum Gasteiger partial charge on any atom is 0.177 e. The lowest BCUT2D eigenvalue weighted by Crippen LogP contribution is -2.08. The molecule has 0 fully saturated rings. The van der Waals surface area contributed by atoms with Crippen LogP contribution in [-0.4, -0.2) is 18.4 Å². The zero-order chi connectivity index (χ0) is 12.3. The molecule has 90 valence electrons. The van der Waals surface area contributed by atoms with E-state index in [9.17, 15) is 4.79 Å². The maximum absolute atomic E-state index is 11.4. The first-order valence-electron chi connectivity index (χ1n) is 5.31. The number of Topliss-reactive ketones (excluding diaryl/α,β-unsaturated/α-hetero) is 1. The number of rotatable bonds is 5. The van der Waals surface area contributed by atoms with E-state index in [0.717, 1.165) is 11.5 Å². The fraction of sp³-hybridized carbons (Fsp3) is 0.545. The molecule has 0 amide bonds. The predicted octanol–water partition coefficient (Wildman–Crippen LogP) is 2.75. The van der Waals surface area contributed by atoms with Crippen molar-refractivity contribution in [3.8, 4) is 5.75 Å². The van der Waals surface area contributed by atoms with Crippen molar-refractivity contribution in [1.82, 2.24) is 0 Å². The van der Waals surface area contributed by atoms with Crippen LogP contribution in [0.3, 0.4) is 0 Å². The van der Waals surface area contributed by atoms with Crippen molar-refractivity contribution in [2.24, 2.45) is 0 Å². The Kier molecular flexibility index (Phi) is 4.18. The first kappa shape index (κ1) is 12.8. The van der Waals surface area contributed by atoms with E-state index in [1.165, 1.54) is 18.3 Å². The second-order valence-corrected chi connectivity index (χ2v) is 4.78. The highest BCUT2D eigenvalue weighted by Crippen LogP contribution is 2.43. The lowest BCUT2D eigenvalue weighted by Gasteiger charge is -2.11. The highest BCUT2D eigenvalue weighted by Gasteiger charge is 2.20. The van der Waals surface area contributed by atoms with Crippen LogP contribution in [0.25, 0.3) is 0 Å². The summed E-state index contributed by atoms with van der Waals surface area (Å²) in [7, 11) is 0. The van der Waals surface area contributed by atoms with E-state index in [0.29, 0.717) is 16.3 Å². The molecule has 0 unspecified atom stereocenters. The molecular weight excluding hydrogens is 224 g/mol. The van der Waals surface area contributed by atoms with Gasteiger partial charge in [0, 0.05) is 13.5 Å². The van der Waals surface area contributed by atoms with Crippen molar-refractivity contribution >= 4 is 27.8 Å². The number of hydrogen-bond donors (Lipinski definition) is 2. The van der Waals surface area contributed by atoms with Gasteiger partial charge in [0.1, 0.15) is 5.00 Å².